The Morgan fingerprint density at radius 3 is 2.40 bits per heavy atom. The molecule has 0 spiro atoms. The zero-order valence-electron chi connectivity index (χ0n) is 17.5. The van der Waals surface area contributed by atoms with E-state index in [1.165, 1.54) is 17.7 Å². The first-order valence-electron chi connectivity index (χ1n) is 10.3. The molecule has 0 saturated carbocycles. The number of Topliss-reactive ketones (excluding diaryl/α,β-unsaturated/α-hetero) is 1. The normalized spacial score (nSPS) is 23.2. The molecule has 164 valence electrons. The number of ether oxygens (including phenoxy) is 1. The van der Waals surface area contributed by atoms with Crippen molar-refractivity contribution in [2.24, 2.45) is 5.73 Å². The number of allylic oxidation sites excluding steroid dienone is 1. The Kier molecular flexibility index (Phi) is 6.79. The van der Waals surface area contributed by atoms with Gasteiger partial charge in [-0.25, -0.2) is 8.42 Å². The number of epoxide rings is 1. The van der Waals surface area contributed by atoms with Crippen molar-refractivity contribution in [3.8, 4) is 0 Å². The first-order chi connectivity index (χ1) is 14.1. The van der Waals surface area contributed by atoms with Gasteiger partial charge in [-0.15, -0.1) is 0 Å². The number of carbonyl (C=O) groups is 2. The minimum atomic E-state index is -3.28. The lowest BCUT2D eigenvalue weighted by atomic mass is 9.89. The number of hydrogen-bond acceptors (Lipinski definition) is 6. The van der Waals surface area contributed by atoms with Gasteiger partial charge in [0, 0.05) is 6.26 Å². The summed E-state index contributed by atoms with van der Waals surface area (Å²) in [6.07, 6.45) is 8.22. The second kappa shape index (κ2) is 8.99. The zero-order chi connectivity index (χ0) is 21.9. The molecule has 3 rings (SSSR count). The SMILES string of the molecule is C[C@@]1(C(=O)[C@H](CC2=CCCCC2)NC(=O)[C@@H](N)Cc2ccc(S(C)(=O)=O)cc2)CO1. The van der Waals surface area contributed by atoms with Gasteiger partial charge < -0.3 is 15.8 Å². The van der Waals surface area contributed by atoms with Gasteiger partial charge in [0.25, 0.3) is 0 Å². The summed E-state index contributed by atoms with van der Waals surface area (Å²) in [5.74, 6) is -0.520. The van der Waals surface area contributed by atoms with Crippen molar-refractivity contribution in [2.45, 2.75) is 68.0 Å². The van der Waals surface area contributed by atoms with Crippen molar-refractivity contribution >= 4 is 21.5 Å². The molecule has 1 fully saturated rings. The van der Waals surface area contributed by atoms with Crippen LogP contribution in [0.25, 0.3) is 0 Å². The first-order valence-corrected chi connectivity index (χ1v) is 12.2. The molecule has 0 aromatic heterocycles. The smallest absolute Gasteiger partial charge is 0.237 e. The predicted octanol–water partition coefficient (Wildman–Crippen LogP) is 1.69. The lowest BCUT2D eigenvalue weighted by molar-refractivity contribution is -0.131. The molecule has 2 aliphatic rings. The first kappa shape index (κ1) is 22.7. The highest BCUT2D eigenvalue weighted by Gasteiger charge is 2.50. The second-order valence-electron chi connectivity index (χ2n) is 8.48. The topological polar surface area (TPSA) is 119 Å². The number of nitrogens with two attached hydrogens (primary N) is 1. The summed E-state index contributed by atoms with van der Waals surface area (Å²) in [7, 11) is -3.28. The van der Waals surface area contributed by atoms with Crippen molar-refractivity contribution in [3.05, 3.63) is 41.5 Å². The summed E-state index contributed by atoms with van der Waals surface area (Å²) >= 11 is 0. The second-order valence-corrected chi connectivity index (χ2v) is 10.5. The van der Waals surface area contributed by atoms with Crippen molar-refractivity contribution < 1.29 is 22.7 Å². The standard InChI is InChI=1S/C22H30N2O5S/c1-22(14-29-22)20(25)19(13-15-6-4-3-5-7-15)24-21(26)18(23)12-16-8-10-17(11-9-16)30(2,27)28/h6,8-11,18-19H,3-5,7,12-14,23H2,1-2H3,(H,24,26)/t18-,19-,22-/m0/s1. The van der Waals surface area contributed by atoms with Crippen LogP contribution in [0.15, 0.2) is 40.8 Å². The summed E-state index contributed by atoms with van der Waals surface area (Å²) in [6.45, 7) is 2.11. The molecule has 8 heteroatoms. The minimum Gasteiger partial charge on any atom is -0.361 e. The van der Waals surface area contributed by atoms with Crippen LogP contribution in [-0.2, 0) is 30.6 Å². The number of hydrogen-bond donors (Lipinski definition) is 2. The Hall–Kier alpha value is -2.03. The van der Waals surface area contributed by atoms with Crippen LogP contribution in [0.3, 0.4) is 0 Å². The van der Waals surface area contributed by atoms with E-state index in [-0.39, 0.29) is 17.1 Å². The Morgan fingerprint density at radius 1 is 1.20 bits per heavy atom. The summed E-state index contributed by atoms with van der Waals surface area (Å²) in [6, 6.07) is 4.80. The minimum absolute atomic E-state index is 0.118. The van der Waals surface area contributed by atoms with E-state index in [2.05, 4.69) is 11.4 Å². The number of rotatable bonds is 9. The van der Waals surface area contributed by atoms with Crippen LogP contribution in [0.1, 0.15) is 44.6 Å². The lowest BCUT2D eigenvalue weighted by Gasteiger charge is -2.24. The molecule has 0 unspecified atom stereocenters. The molecule has 3 atom stereocenters. The molecule has 1 aliphatic heterocycles. The maximum atomic E-state index is 12.9. The van der Waals surface area contributed by atoms with Gasteiger partial charge in [0.2, 0.25) is 5.91 Å². The van der Waals surface area contributed by atoms with Crippen LogP contribution in [-0.4, -0.2) is 50.7 Å². The molecule has 1 saturated heterocycles. The van der Waals surface area contributed by atoms with Gasteiger partial charge in [-0.3, -0.25) is 9.59 Å². The number of nitrogens with one attached hydrogen (secondary N) is 1. The monoisotopic (exact) mass is 434 g/mol. The van der Waals surface area contributed by atoms with E-state index in [1.54, 1.807) is 19.1 Å². The Morgan fingerprint density at radius 2 is 1.87 bits per heavy atom. The van der Waals surface area contributed by atoms with E-state index >= 15 is 0 Å². The fraction of sp³-hybridized carbons (Fsp3) is 0.545. The van der Waals surface area contributed by atoms with Crippen LogP contribution in [0.5, 0.6) is 0 Å². The molecule has 1 aromatic rings. The van der Waals surface area contributed by atoms with Gasteiger partial charge in [0.15, 0.2) is 15.6 Å². The van der Waals surface area contributed by atoms with E-state index in [9.17, 15) is 18.0 Å². The highest BCUT2D eigenvalue weighted by molar-refractivity contribution is 7.90. The van der Waals surface area contributed by atoms with Crippen LogP contribution < -0.4 is 11.1 Å². The maximum Gasteiger partial charge on any atom is 0.237 e. The van der Waals surface area contributed by atoms with Crippen molar-refractivity contribution in [1.82, 2.24) is 5.32 Å². The third kappa shape index (κ3) is 5.77. The molecule has 3 N–H and O–H groups in total. The van der Waals surface area contributed by atoms with Gasteiger partial charge in [-0.1, -0.05) is 23.8 Å². The van der Waals surface area contributed by atoms with E-state index in [0.717, 1.165) is 37.5 Å². The maximum absolute atomic E-state index is 12.9. The van der Waals surface area contributed by atoms with Crippen molar-refractivity contribution in [1.29, 1.82) is 0 Å². The summed E-state index contributed by atoms with van der Waals surface area (Å²) in [4.78, 5) is 25.8. The van der Waals surface area contributed by atoms with E-state index in [0.29, 0.717) is 13.0 Å². The molecule has 7 nitrogen and oxygen atoms in total. The molecule has 30 heavy (non-hydrogen) atoms. The summed E-state index contributed by atoms with van der Waals surface area (Å²) in [5.41, 5.74) is 7.21. The number of amides is 1. The largest absolute Gasteiger partial charge is 0.361 e. The van der Waals surface area contributed by atoms with Crippen molar-refractivity contribution in [3.63, 3.8) is 0 Å². The molecular weight excluding hydrogens is 404 g/mol. The van der Waals surface area contributed by atoms with Crippen molar-refractivity contribution in [2.75, 3.05) is 12.9 Å². The highest BCUT2D eigenvalue weighted by Crippen LogP contribution is 2.31. The predicted molar refractivity (Wildman–Crippen MR) is 114 cm³/mol. The molecule has 1 amide bonds. The van der Waals surface area contributed by atoms with Gasteiger partial charge in [0.05, 0.1) is 23.6 Å². The van der Waals surface area contributed by atoms with E-state index in [4.69, 9.17) is 10.5 Å². The molecule has 1 aliphatic carbocycles. The third-order valence-electron chi connectivity index (χ3n) is 5.73. The van der Waals surface area contributed by atoms with Crippen LogP contribution >= 0.6 is 0 Å². The zero-order valence-corrected chi connectivity index (χ0v) is 18.3. The Bertz CT molecular complexity index is 933. The van der Waals surface area contributed by atoms with Gasteiger partial charge in [-0.2, -0.15) is 0 Å². The Labute approximate surface area is 178 Å². The Balaban J connectivity index is 1.65. The molecular formula is C22H30N2O5S. The van der Waals surface area contributed by atoms with E-state index in [1.807, 2.05) is 0 Å². The third-order valence-corrected chi connectivity index (χ3v) is 6.86. The van der Waals surface area contributed by atoms with Crippen LogP contribution in [0.4, 0.5) is 0 Å². The number of carbonyl (C=O) groups excluding carboxylic acids is 2. The number of benzene rings is 1. The lowest BCUT2D eigenvalue weighted by Crippen LogP contribution is -2.52. The fourth-order valence-corrected chi connectivity index (χ4v) is 4.31. The average molecular weight is 435 g/mol. The summed E-state index contributed by atoms with van der Waals surface area (Å²) < 4.78 is 28.5. The van der Waals surface area contributed by atoms with E-state index < -0.39 is 33.4 Å². The molecule has 1 heterocycles. The fourth-order valence-electron chi connectivity index (χ4n) is 3.68. The van der Waals surface area contributed by atoms with Crippen LogP contribution in [0, 0.1) is 0 Å². The highest BCUT2D eigenvalue weighted by atomic mass is 32.2. The number of sulfone groups is 1. The molecule has 0 radical (unpaired) electrons. The molecule has 0 bridgehead atoms. The quantitative estimate of drug-likeness (QED) is 0.451. The van der Waals surface area contributed by atoms with Gasteiger partial charge in [-0.05, 0) is 63.1 Å². The average Bonchev–Trinajstić information content (AvgIpc) is 3.46. The van der Waals surface area contributed by atoms with Gasteiger partial charge >= 0.3 is 0 Å². The van der Waals surface area contributed by atoms with Crippen LogP contribution in [0.2, 0.25) is 0 Å². The number of ketones is 1. The van der Waals surface area contributed by atoms with Gasteiger partial charge in [0.1, 0.15) is 5.60 Å². The summed E-state index contributed by atoms with van der Waals surface area (Å²) in [5, 5.41) is 2.84. The molecule has 1 aromatic carbocycles.